The van der Waals surface area contributed by atoms with Crippen LogP contribution in [0.3, 0.4) is 0 Å². The van der Waals surface area contributed by atoms with Gasteiger partial charge in [-0.3, -0.25) is 0 Å². The van der Waals surface area contributed by atoms with E-state index >= 15 is 0 Å². The Bertz CT molecular complexity index is 583. The van der Waals surface area contributed by atoms with Crippen molar-refractivity contribution in [1.29, 1.82) is 0 Å². The third kappa shape index (κ3) is 3.09. The van der Waals surface area contributed by atoms with Gasteiger partial charge in [0, 0.05) is 10.6 Å². The summed E-state index contributed by atoms with van der Waals surface area (Å²) in [6.07, 6.45) is 0. The molecule has 0 heterocycles. The Hall–Kier alpha value is -1.51. The van der Waals surface area contributed by atoms with Crippen molar-refractivity contribution in [2.24, 2.45) is 0 Å². The fourth-order valence-electron chi connectivity index (χ4n) is 2.10. The number of aliphatic hydroxyl groups excluding tert-OH is 1. The Kier molecular flexibility index (Phi) is 4.13. The smallest absolute Gasteiger partial charge is 0.133 e. The average molecular weight is 277 g/mol. The van der Waals surface area contributed by atoms with Crippen molar-refractivity contribution in [3.05, 3.63) is 57.6 Å². The van der Waals surface area contributed by atoms with Crippen LogP contribution in [0.15, 0.2) is 30.3 Å². The lowest BCUT2D eigenvalue weighted by atomic mass is 10.1. The molecule has 1 N–H and O–H groups in total. The Balaban J connectivity index is 2.42. The summed E-state index contributed by atoms with van der Waals surface area (Å²) in [5.41, 5.74) is 3.85. The van der Waals surface area contributed by atoms with Gasteiger partial charge in [0.05, 0.1) is 6.61 Å². The fourth-order valence-corrected chi connectivity index (χ4v) is 2.43. The topological polar surface area (TPSA) is 29.5 Å². The van der Waals surface area contributed by atoms with E-state index in [0.717, 1.165) is 28.0 Å². The molecule has 3 heteroatoms. The standard InChI is InChI=1S/C16H17ClO2/c1-10-4-5-15(13(6-10)9-18)19-16-11(2)7-14(17)8-12(16)3/h4-8,18H,9H2,1-3H3. The largest absolute Gasteiger partial charge is 0.456 e. The molecule has 0 unspecified atom stereocenters. The first-order valence-electron chi connectivity index (χ1n) is 6.16. The van der Waals surface area contributed by atoms with Gasteiger partial charge in [-0.05, 0) is 50.1 Å². The van der Waals surface area contributed by atoms with Gasteiger partial charge in [0.25, 0.3) is 0 Å². The van der Waals surface area contributed by atoms with Crippen molar-refractivity contribution in [3.8, 4) is 11.5 Å². The van der Waals surface area contributed by atoms with Crippen LogP contribution in [0.1, 0.15) is 22.3 Å². The molecule has 100 valence electrons. The summed E-state index contributed by atoms with van der Waals surface area (Å²) in [6, 6.07) is 9.52. The molecule has 0 saturated carbocycles. The summed E-state index contributed by atoms with van der Waals surface area (Å²) in [7, 11) is 0. The highest BCUT2D eigenvalue weighted by atomic mass is 35.5. The van der Waals surface area contributed by atoms with E-state index in [1.165, 1.54) is 0 Å². The molecule has 2 aromatic carbocycles. The summed E-state index contributed by atoms with van der Waals surface area (Å²) >= 11 is 6.01. The fraction of sp³-hybridized carbons (Fsp3) is 0.250. The lowest BCUT2D eigenvalue weighted by Gasteiger charge is -2.15. The zero-order valence-corrected chi connectivity index (χ0v) is 12.1. The monoisotopic (exact) mass is 276 g/mol. The van der Waals surface area contributed by atoms with Gasteiger partial charge >= 0.3 is 0 Å². The van der Waals surface area contributed by atoms with Gasteiger partial charge in [-0.1, -0.05) is 29.3 Å². The molecular weight excluding hydrogens is 260 g/mol. The molecule has 0 spiro atoms. The third-order valence-corrected chi connectivity index (χ3v) is 3.24. The normalized spacial score (nSPS) is 10.6. The third-order valence-electron chi connectivity index (χ3n) is 3.02. The van der Waals surface area contributed by atoms with Gasteiger partial charge < -0.3 is 9.84 Å². The first kappa shape index (κ1) is 13.9. The number of hydrogen-bond acceptors (Lipinski definition) is 2. The highest BCUT2D eigenvalue weighted by Gasteiger charge is 2.10. The van der Waals surface area contributed by atoms with Crippen LogP contribution in [0.5, 0.6) is 11.5 Å². The summed E-state index contributed by atoms with van der Waals surface area (Å²) < 4.78 is 5.95. The van der Waals surface area contributed by atoms with Crippen LogP contribution in [0.25, 0.3) is 0 Å². The van der Waals surface area contributed by atoms with Crippen LogP contribution in [0.2, 0.25) is 5.02 Å². The van der Waals surface area contributed by atoms with Crippen LogP contribution in [0.4, 0.5) is 0 Å². The molecule has 0 amide bonds. The van der Waals surface area contributed by atoms with E-state index in [4.69, 9.17) is 16.3 Å². The minimum Gasteiger partial charge on any atom is -0.456 e. The zero-order chi connectivity index (χ0) is 14.0. The first-order chi connectivity index (χ1) is 9.01. The van der Waals surface area contributed by atoms with Crippen LogP contribution in [-0.2, 0) is 6.61 Å². The second kappa shape index (κ2) is 5.64. The van der Waals surface area contributed by atoms with Crippen molar-refractivity contribution >= 4 is 11.6 Å². The van der Waals surface area contributed by atoms with E-state index in [-0.39, 0.29) is 6.61 Å². The zero-order valence-electron chi connectivity index (χ0n) is 11.3. The molecule has 0 atom stereocenters. The van der Waals surface area contributed by atoms with Gasteiger partial charge in [-0.15, -0.1) is 0 Å². The van der Waals surface area contributed by atoms with Crippen LogP contribution >= 0.6 is 11.6 Å². The number of aryl methyl sites for hydroxylation is 3. The number of benzene rings is 2. The summed E-state index contributed by atoms with van der Waals surface area (Å²) in [6.45, 7) is 5.87. The van der Waals surface area contributed by atoms with E-state index < -0.39 is 0 Å². The minimum atomic E-state index is -0.0390. The molecule has 0 aliphatic heterocycles. The number of halogens is 1. The van der Waals surface area contributed by atoms with Crippen LogP contribution < -0.4 is 4.74 Å². The summed E-state index contributed by atoms with van der Waals surface area (Å²) in [5.74, 6) is 1.48. The van der Waals surface area contributed by atoms with Gasteiger partial charge in [-0.25, -0.2) is 0 Å². The highest BCUT2D eigenvalue weighted by molar-refractivity contribution is 6.30. The number of ether oxygens (including phenoxy) is 1. The Labute approximate surface area is 118 Å². The number of rotatable bonds is 3. The van der Waals surface area contributed by atoms with Crippen LogP contribution in [0, 0.1) is 20.8 Å². The molecule has 0 aromatic heterocycles. The van der Waals surface area contributed by atoms with E-state index in [1.807, 2.05) is 51.1 Å². The Morgan fingerprint density at radius 2 is 1.68 bits per heavy atom. The van der Waals surface area contributed by atoms with Crippen molar-refractivity contribution in [2.75, 3.05) is 0 Å². The minimum absolute atomic E-state index is 0.0390. The Morgan fingerprint density at radius 3 is 2.26 bits per heavy atom. The summed E-state index contributed by atoms with van der Waals surface area (Å²) in [4.78, 5) is 0. The van der Waals surface area contributed by atoms with Crippen molar-refractivity contribution in [1.82, 2.24) is 0 Å². The molecule has 0 bridgehead atoms. The molecule has 2 aromatic rings. The van der Waals surface area contributed by atoms with Gasteiger partial charge in [0.2, 0.25) is 0 Å². The van der Waals surface area contributed by atoms with Gasteiger partial charge in [0.1, 0.15) is 11.5 Å². The molecule has 2 nitrogen and oxygen atoms in total. The lowest BCUT2D eigenvalue weighted by Crippen LogP contribution is -1.96. The lowest BCUT2D eigenvalue weighted by molar-refractivity contribution is 0.276. The maximum atomic E-state index is 9.40. The average Bonchev–Trinajstić information content (AvgIpc) is 2.35. The second-order valence-corrected chi connectivity index (χ2v) is 5.18. The number of aliphatic hydroxyl groups is 1. The first-order valence-corrected chi connectivity index (χ1v) is 6.54. The SMILES string of the molecule is Cc1ccc(Oc2c(C)cc(Cl)cc2C)c(CO)c1. The van der Waals surface area contributed by atoms with Gasteiger partial charge in [-0.2, -0.15) is 0 Å². The molecule has 2 rings (SSSR count). The van der Waals surface area contributed by atoms with Crippen molar-refractivity contribution < 1.29 is 9.84 Å². The maximum Gasteiger partial charge on any atom is 0.133 e. The van der Waals surface area contributed by atoms with Gasteiger partial charge in [0.15, 0.2) is 0 Å². The Morgan fingerprint density at radius 1 is 1.05 bits per heavy atom. The van der Waals surface area contributed by atoms with E-state index in [9.17, 15) is 5.11 Å². The molecule has 0 aliphatic carbocycles. The predicted octanol–water partition coefficient (Wildman–Crippen LogP) is 4.55. The van der Waals surface area contributed by atoms with E-state index in [0.29, 0.717) is 10.8 Å². The second-order valence-electron chi connectivity index (χ2n) is 4.74. The number of hydrogen-bond donors (Lipinski definition) is 1. The van der Waals surface area contributed by atoms with E-state index in [1.54, 1.807) is 0 Å². The van der Waals surface area contributed by atoms with Crippen molar-refractivity contribution in [3.63, 3.8) is 0 Å². The molecule has 19 heavy (non-hydrogen) atoms. The van der Waals surface area contributed by atoms with E-state index in [2.05, 4.69) is 0 Å². The molecular formula is C16H17ClO2. The van der Waals surface area contributed by atoms with Crippen molar-refractivity contribution in [2.45, 2.75) is 27.4 Å². The predicted molar refractivity (Wildman–Crippen MR) is 78.1 cm³/mol. The molecule has 0 saturated heterocycles. The quantitative estimate of drug-likeness (QED) is 0.891. The summed E-state index contributed by atoms with van der Waals surface area (Å²) in [5, 5.41) is 10.1. The maximum absolute atomic E-state index is 9.40. The molecule has 0 fully saturated rings. The molecule has 0 aliphatic rings. The highest BCUT2D eigenvalue weighted by Crippen LogP contribution is 2.33. The molecule has 0 radical (unpaired) electrons. The van der Waals surface area contributed by atoms with Crippen LogP contribution in [-0.4, -0.2) is 5.11 Å².